The molecule has 1 aliphatic rings. The zero-order valence-electron chi connectivity index (χ0n) is 16.3. The molecule has 0 aliphatic carbocycles. The van der Waals surface area contributed by atoms with E-state index in [0.29, 0.717) is 23.4 Å². The van der Waals surface area contributed by atoms with Gasteiger partial charge in [-0.3, -0.25) is 14.5 Å². The Balaban J connectivity index is 1.64. The maximum atomic E-state index is 12.6. The molecule has 0 bridgehead atoms. The minimum Gasteiger partial charge on any atom is -0.467 e. The zero-order chi connectivity index (χ0) is 21.6. The second-order valence-corrected chi connectivity index (χ2v) is 9.25. The van der Waals surface area contributed by atoms with E-state index in [1.807, 2.05) is 0 Å². The molecule has 158 valence electrons. The third-order valence-electron chi connectivity index (χ3n) is 4.81. The molecular formula is C21H23N3O5S. The summed E-state index contributed by atoms with van der Waals surface area (Å²) < 4.78 is 28.7. The van der Waals surface area contributed by atoms with E-state index in [0.717, 1.165) is 0 Å². The number of rotatable bonds is 8. The van der Waals surface area contributed by atoms with E-state index in [9.17, 15) is 18.0 Å². The molecule has 2 amide bonds. The highest BCUT2D eigenvalue weighted by Gasteiger charge is 2.32. The lowest BCUT2D eigenvalue weighted by Crippen LogP contribution is -2.42. The molecule has 1 aromatic heterocycles. The van der Waals surface area contributed by atoms with E-state index < -0.39 is 9.84 Å². The van der Waals surface area contributed by atoms with Crippen molar-refractivity contribution in [3.63, 3.8) is 0 Å². The average molecular weight is 429 g/mol. The molecule has 1 aliphatic heterocycles. The Morgan fingerprint density at radius 3 is 2.70 bits per heavy atom. The molecule has 1 atom stereocenters. The van der Waals surface area contributed by atoms with Crippen LogP contribution in [0.5, 0.6) is 0 Å². The van der Waals surface area contributed by atoms with Crippen LogP contribution in [0.1, 0.15) is 22.5 Å². The molecule has 1 aromatic carbocycles. The lowest BCUT2D eigenvalue weighted by atomic mass is 10.1. The summed E-state index contributed by atoms with van der Waals surface area (Å²) in [6, 6.07) is 9.84. The van der Waals surface area contributed by atoms with Crippen LogP contribution in [-0.2, 0) is 21.2 Å². The number of hydrogen-bond donors (Lipinski definition) is 2. The summed E-state index contributed by atoms with van der Waals surface area (Å²) in [6.45, 7) is 0.325. The number of sulfone groups is 1. The highest BCUT2D eigenvalue weighted by atomic mass is 32.2. The van der Waals surface area contributed by atoms with Crippen LogP contribution in [0.2, 0.25) is 0 Å². The smallest absolute Gasteiger partial charge is 0.253 e. The van der Waals surface area contributed by atoms with Gasteiger partial charge in [-0.1, -0.05) is 18.1 Å². The van der Waals surface area contributed by atoms with E-state index in [4.69, 9.17) is 10.8 Å². The first-order chi connectivity index (χ1) is 14.4. The molecule has 0 radical (unpaired) electrons. The first-order valence-electron chi connectivity index (χ1n) is 9.45. The lowest BCUT2D eigenvalue weighted by Gasteiger charge is -2.25. The standard InChI is InChI=1S/C21H23N3O5S/c1-2-10-24(16-9-12-30(27,28)15-16)14-20(25)23-19-8-4-3-7-18(19)21(26)22-13-17-6-5-11-29-17/h1,3-8,11,16H,9-10,12-15H2,(H,22,26)(H,23,25). The van der Waals surface area contributed by atoms with Crippen molar-refractivity contribution in [2.24, 2.45) is 0 Å². The molecule has 1 unspecified atom stereocenters. The Hall–Kier alpha value is -3.09. The maximum Gasteiger partial charge on any atom is 0.253 e. The number of para-hydroxylation sites is 1. The van der Waals surface area contributed by atoms with Crippen molar-refractivity contribution >= 4 is 27.3 Å². The highest BCUT2D eigenvalue weighted by molar-refractivity contribution is 7.91. The van der Waals surface area contributed by atoms with Crippen LogP contribution in [0.15, 0.2) is 47.1 Å². The molecule has 1 fully saturated rings. The van der Waals surface area contributed by atoms with E-state index >= 15 is 0 Å². The van der Waals surface area contributed by atoms with Crippen molar-refractivity contribution in [3.05, 3.63) is 54.0 Å². The number of terminal acetylenes is 1. The lowest BCUT2D eigenvalue weighted by molar-refractivity contribution is -0.117. The van der Waals surface area contributed by atoms with Gasteiger partial charge >= 0.3 is 0 Å². The van der Waals surface area contributed by atoms with Gasteiger partial charge in [0, 0.05) is 6.04 Å². The number of benzene rings is 1. The number of hydrogen-bond acceptors (Lipinski definition) is 6. The fourth-order valence-electron chi connectivity index (χ4n) is 3.33. The minimum absolute atomic E-state index is 0.00622. The molecule has 2 aromatic rings. The van der Waals surface area contributed by atoms with Gasteiger partial charge in [-0.05, 0) is 30.7 Å². The molecule has 2 heterocycles. The second-order valence-electron chi connectivity index (χ2n) is 7.02. The number of anilines is 1. The molecule has 0 saturated carbocycles. The average Bonchev–Trinajstić information content (AvgIpc) is 3.35. The van der Waals surface area contributed by atoms with E-state index in [-0.39, 0.29) is 49.0 Å². The second kappa shape index (κ2) is 9.61. The van der Waals surface area contributed by atoms with E-state index in [2.05, 4.69) is 16.6 Å². The van der Waals surface area contributed by atoms with Crippen molar-refractivity contribution < 1.29 is 22.4 Å². The molecule has 8 nitrogen and oxygen atoms in total. The van der Waals surface area contributed by atoms with Crippen molar-refractivity contribution in [2.75, 3.05) is 29.9 Å². The van der Waals surface area contributed by atoms with Gasteiger partial charge in [0.05, 0.1) is 48.7 Å². The van der Waals surface area contributed by atoms with Gasteiger partial charge < -0.3 is 15.1 Å². The number of nitrogens with one attached hydrogen (secondary N) is 2. The van der Waals surface area contributed by atoms with E-state index in [1.165, 1.54) is 6.26 Å². The number of furan rings is 1. The third kappa shape index (κ3) is 5.72. The molecule has 3 rings (SSSR count). The Bertz CT molecular complexity index is 1040. The summed E-state index contributed by atoms with van der Waals surface area (Å²) in [7, 11) is -3.10. The van der Waals surface area contributed by atoms with Gasteiger partial charge in [0.15, 0.2) is 9.84 Å². The third-order valence-corrected chi connectivity index (χ3v) is 6.57. The fourth-order valence-corrected chi connectivity index (χ4v) is 5.10. The summed E-state index contributed by atoms with van der Waals surface area (Å²) in [5, 5.41) is 5.48. The normalized spacial score (nSPS) is 17.4. The van der Waals surface area contributed by atoms with Crippen molar-refractivity contribution in [3.8, 4) is 12.3 Å². The predicted octanol–water partition coefficient (Wildman–Crippen LogP) is 1.27. The van der Waals surface area contributed by atoms with Crippen molar-refractivity contribution in [1.82, 2.24) is 10.2 Å². The zero-order valence-corrected chi connectivity index (χ0v) is 17.2. The van der Waals surface area contributed by atoms with Crippen LogP contribution in [0.3, 0.4) is 0 Å². The molecule has 2 N–H and O–H groups in total. The summed E-state index contributed by atoms with van der Waals surface area (Å²) >= 11 is 0. The van der Waals surface area contributed by atoms with Gasteiger partial charge in [0.2, 0.25) is 5.91 Å². The topological polar surface area (TPSA) is 109 Å². The maximum absolute atomic E-state index is 12.6. The van der Waals surface area contributed by atoms with Gasteiger partial charge in [0.25, 0.3) is 5.91 Å². The Morgan fingerprint density at radius 2 is 2.03 bits per heavy atom. The van der Waals surface area contributed by atoms with Crippen LogP contribution in [0, 0.1) is 12.3 Å². The van der Waals surface area contributed by atoms with Crippen LogP contribution in [-0.4, -0.2) is 55.8 Å². The van der Waals surface area contributed by atoms with Gasteiger partial charge in [-0.15, -0.1) is 6.42 Å². The largest absolute Gasteiger partial charge is 0.467 e. The molecular weight excluding hydrogens is 406 g/mol. The Labute approximate surface area is 175 Å². The SMILES string of the molecule is C#CCN(CC(=O)Nc1ccccc1C(=O)NCc1ccco1)C1CCS(=O)(=O)C1. The van der Waals surface area contributed by atoms with Gasteiger partial charge in [-0.2, -0.15) is 0 Å². The number of carbonyl (C=O) groups is 2. The van der Waals surface area contributed by atoms with E-state index in [1.54, 1.807) is 41.3 Å². The van der Waals surface area contributed by atoms with Gasteiger partial charge in [-0.25, -0.2) is 8.42 Å². The fraction of sp³-hybridized carbons (Fsp3) is 0.333. The molecule has 1 saturated heterocycles. The summed E-state index contributed by atoms with van der Waals surface area (Å²) in [6.07, 6.45) is 7.37. The van der Waals surface area contributed by atoms with Crippen LogP contribution in [0.4, 0.5) is 5.69 Å². The molecule has 0 spiro atoms. The monoisotopic (exact) mass is 429 g/mol. The van der Waals surface area contributed by atoms with Crippen LogP contribution >= 0.6 is 0 Å². The van der Waals surface area contributed by atoms with Crippen LogP contribution in [0.25, 0.3) is 0 Å². The van der Waals surface area contributed by atoms with Crippen molar-refractivity contribution in [2.45, 2.75) is 19.0 Å². The number of carbonyl (C=O) groups excluding carboxylic acids is 2. The first-order valence-corrected chi connectivity index (χ1v) is 11.3. The first kappa shape index (κ1) is 21.6. The summed E-state index contributed by atoms with van der Waals surface area (Å²) in [5.41, 5.74) is 0.670. The van der Waals surface area contributed by atoms with Crippen molar-refractivity contribution in [1.29, 1.82) is 0 Å². The predicted molar refractivity (Wildman–Crippen MR) is 112 cm³/mol. The Morgan fingerprint density at radius 1 is 1.23 bits per heavy atom. The quantitative estimate of drug-likeness (QED) is 0.612. The summed E-state index contributed by atoms with van der Waals surface area (Å²) in [4.78, 5) is 26.8. The Kier molecular flexibility index (Phi) is 6.92. The van der Waals surface area contributed by atoms with Crippen LogP contribution < -0.4 is 10.6 Å². The van der Waals surface area contributed by atoms with Gasteiger partial charge in [0.1, 0.15) is 5.76 Å². The number of nitrogens with zero attached hydrogens (tertiary/aromatic N) is 1. The number of amides is 2. The summed E-state index contributed by atoms with van der Waals surface area (Å²) in [5.74, 6) is 2.45. The highest BCUT2D eigenvalue weighted by Crippen LogP contribution is 2.19. The molecule has 30 heavy (non-hydrogen) atoms. The molecule has 9 heteroatoms. The minimum atomic E-state index is -3.10.